The van der Waals surface area contributed by atoms with Crippen molar-refractivity contribution in [3.05, 3.63) is 34.6 Å². The average Bonchev–Trinajstić information content (AvgIpc) is 2.15. The summed E-state index contributed by atoms with van der Waals surface area (Å²) < 4.78 is 13.0. The number of aliphatic hydroxyl groups is 1. The number of benzene rings is 1. The number of aliphatic hydroxyl groups excluding tert-OH is 1. The fourth-order valence-electron chi connectivity index (χ4n) is 1.18. The molecular weight excluding hydrogens is 205 g/mol. The lowest BCUT2D eigenvalue weighted by molar-refractivity contribution is 0.210. The molecule has 0 heterocycles. The van der Waals surface area contributed by atoms with Crippen molar-refractivity contribution < 1.29 is 9.50 Å². The molecule has 0 aliphatic carbocycles. The lowest BCUT2D eigenvalue weighted by atomic mass is 9.83. The van der Waals surface area contributed by atoms with Crippen molar-refractivity contribution in [3.8, 4) is 0 Å². The third-order valence-electron chi connectivity index (χ3n) is 2.36. The summed E-state index contributed by atoms with van der Waals surface area (Å²) in [5, 5.41) is 9.49. The first kappa shape index (κ1) is 11.4. The van der Waals surface area contributed by atoms with Gasteiger partial charge in [0, 0.05) is 17.0 Å². The van der Waals surface area contributed by atoms with E-state index in [1.165, 1.54) is 12.1 Å². The number of nitrogens with two attached hydrogens (primary N) is 1. The topological polar surface area (TPSA) is 46.2 Å². The predicted molar refractivity (Wildman–Crippen MR) is 54.9 cm³/mol. The molecule has 0 saturated carbocycles. The van der Waals surface area contributed by atoms with Gasteiger partial charge in [0.05, 0.1) is 6.61 Å². The van der Waals surface area contributed by atoms with Gasteiger partial charge < -0.3 is 10.8 Å². The van der Waals surface area contributed by atoms with E-state index in [0.717, 1.165) is 0 Å². The lowest BCUT2D eigenvalue weighted by Crippen LogP contribution is -2.35. The van der Waals surface area contributed by atoms with Crippen LogP contribution in [0.4, 0.5) is 4.39 Å². The molecule has 4 heteroatoms. The second kappa shape index (κ2) is 4.26. The molecule has 0 amide bonds. The number of hydrogen-bond donors (Lipinski definition) is 2. The molecule has 1 aromatic rings. The Labute approximate surface area is 87.5 Å². The van der Waals surface area contributed by atoms with Crippen LogP contribution in [0.25, 0.3) is 0 Å². The first-order chi connectivity index (χ1) is 6.51. The van der Waals surface area contributed by atoms with Gasteiger partial charge in [-0.15, -0.1) is 0 Å². The summed E-state index contributed by atoms with van der Waals surface area (Å²) in [6.45, 7) is 1.87. The summed E-state index contributed by atoms with van der Waals surface area (Å²) in [7, 11) is 0. The summed E-state index contributed by atoms with van der Waals surface area (Å²) in [5.41, 5.74) is 5.51. The maximum atomic E-state index is 13.0. The Balaban J connectivity index is 3.17. The van der Waals surface area contributed by atoms with Gasteiger partial charge in [0.2, 0.25) is 0 Å². The van der Waals surface area contributed by atoms with E-state index < -0.39 is 11.2 Å². The molecular formula is C10H13ClFNO. The molecule has 1 unspecified atom stereocenters. The minimum atomic E-state index is -0.633. The Morgan fingerprint density at radius 2 is 2.14 bits per heavy atom. The second-order valence-corrected chi connectivity index (χ2v) is 4.02. The first-order valence-electron chi connectivity index (χ1n) is 4.29. The normalized spacial score (nSPS) is 15.2. The van der Waals surface area contributed by atoms with Crippen molar-refractivity contribution in [3.63, 3.8) is 0 Å². The standard InChI is InChI=1S/C10H13ClFNO/c1-10(5-13,6-14)7-2-8(11)4-9(12)3-7/h2-4,14H,5-6,13H2,1H3. The van der Waals surface area contributed by atoms with Gasteiger partial charge >= 0.3 is 0 Å². The molecule has 78 valence electrons. The number of halogens is 2. The third kappa shape index (κ3) is 2.23. The number of hydrogen-bond acceptors (Lipinski definition) is 2. The van der Waals surface area contributed by atoms with Crippen molar-refractivity contribution in [1.29, 1.82) is 0 Å². The maximum absolute atomic E-state index is 13.0. The van der Waals surface area contributed by atoms with Gasteiger partial charge in [0.1, 0.15) is 5.82 Å². The van der Waals surface area contributed by atoms with Gasteiger partial charge in [-0.05, 0) is 23.8 Å². The summed E-state index contributed by atoms with van der Waals surface area (Å²) in [6.07, 6.45) is 0. The van der Waals surface area contributed by atoms with Crippen LogP contribution >= 0.6 is 11.6 Å². The highest BCUT2D eigenvalue weighted by molar-refractivity contribution is 6.30. The van der Waals surface area contributed by atoms with Crippen LogP contribution in [0, 0.1) is 5.82 Å². The molecule has 0 radical (unpaired) electrons. The SMILES string of the molecule is CC(CN)(CO)c1cc(F)cc(Cl)c1. The van der Waals surface area contributed by atoms with Crippen LogP contribution in [-0.4, -0.2) is 18.3 Å². The van der Waals surface area contributed by atoms with E-state index >= 15 is 0 Å². The summed E-state index contributed by atoms with van der Waals surface area (Å²) in [4.78, 5) is 0. The van der Waals surface area contributed by atoms with Crippen molar-refractivity contribution in [2.75, 3.05) is 13.2 Å². The van der Waals surface area contributed by atoms with Crippen molar-refractivity contribution >= 4 is 11.6 Å². The van der Waals surface area contributed by atoms with Crippen molar-refractivity contribution in [1.82, 2.24) is 0 Å². The van der Waals surface area contributed by atoms with Gasteiger partial charge in [0.15, 0.2) is 0 Å². The van der Waals surface area contributed by atoms with Crippen molar-refractivity contribution in [2.24, 2.45) is 5.73 Å². The zero-order valence-corrected chi connectivity index (χ0v) is 8.68. The van der Waals surface area contributed by atoms with E-state index in [1.54, 1.807) is 13.0 Å². The molecule has 0 bridgehead atoms. The summed E-state index contributed by atoms with van der Waals surface area (Å²) >= 11 is 5.71. The number of rotatable bonds is 3. The van der Waals surface area contributed by atoms with Crippen LogP contribution in [0.2, 0.25) is 5.02 Å². The largest absolute Gasteiger partial charge is 0.395 e. The third-order valence-corrected chi connectivity index (χ3v) is 2.58. The molecule has 0 aromatic heterocycles. The molecule has 0 spiro atoms. The van der Waals surface area contributed by atoms with E-state index in [9.17, 15) is 9.50 Å². The quantitative estimate of drug-likeness (QED) is 0.810. The average molecular weight is 218 g/mol. The molecule has 2 nitrogen and oxygen atoms in total. The van der Waals surface area contributed by atoms with Crippen LogP contribution in [0.3, 0.4) is 0 Å². The van der Waals surface area contributed by atoms with E-state index in [2.05, 4.69) is 0 Å². The van der Waals surface area contributed by atoms with Crippen molar-refractivity contribution in [2.45, 2.75) is 12.3 Å². The molecule has 14 heavy (non-hydrogen) atoms. The highest BCUT2D eigenvalue weighted by Gasteiger charge is 2.24. The van der Waals surface area contributed by atoms with Gasteiger partial charge in [-0.1, -0.05) is 18.5 Å². The van der Waals surface area contributed by atoms with E-state index in [4.69, 9.17) is 17.3 Å². The maximum Gasteiger partial charge on any atom is 0.124 e. The van der Waals surface area contributed by atoms with Gasteiger partial charge in [-0.3, -0.25) is 0 Å². The van der Waals surface area contributed by atoms with Gasteiger partial charge in [-0.25, -0.2) is 4.39 Å². The molecule has 0 saturated heterocycles. The van der Waals surface area contributed by atoms with E-state index in [-0.39, 0.29) is 13.2 Å². The Morgan fingerprint density at radius 3 is 2.57 bits per heavy atom. The molecule has 1 rings (SSSR count). The van der Waals surface area contributed by atoms with Crippen LogP contribution in [0.15, 0.2) is 18.2 Å². The fraction of sp³-hybridized carbons (Fsp3) is 0.400. The zero-order valence-electron chi connectivity index (χ0n) is 7.93. The fourth-order valence-corrected chi connectivity index (χ4v) is 1.40. The molecule has 0 aliphatic heterocycles. The molecule has 0 aliphatic rings. The van der Waals surface area contributed by atoms with E-state index in [1.807, 2.05) is 0 Å². The Kier molecular flexibility index (Phi) is 3.48. The Bertz CT molecular complexity index is 306. The Hall–Kier alpha value is -0.640. The highest BCUT2D eigenvalue weighted by atomic mass is 35.5. The molecule has 1 aromatic carbocycles. The summed E-state index contributed by atoms with van der Waals surface area (Å²) in [6, 6.07) is 4.18. The van der Waals surface area contributed by atoms with Crippen LogP contribution in [0.5, 0.6) is 0 Å². The Morgan fingerprint density at radius 1 is 1.50 bits per heavy atom. The van der Waals surface area contributed by atoms with Gasteiger partial charge in [0.25, 0.3) is 0 Å². The predicted octanol–water partition coefficient (Wildman–Crippen LogP) is 1.69. The van der Waals surface area contributed by atoms with Crippen LogP contribution < -0.4 is 5.73 Å². The van der Waals surface area contributed by atoms with Gasteiger partial charge in [-0.2, -0.15) is 0 Å². The minimum Gasteiger partial charge on any atom is -0.395 e. The summed E-state index contributed by atoms with van der Waals surface area (Å²) in [5.74, 6) is -0.416. The smallest absolute Gasteiger partial charge is 0.124 e. The monoisotopic (exact) mass is 217 g/mol. The lowest BCUT2D eigenvalue weighted by Gasteiger charge is -2.26. The first-order valence-corrected chi connectivity index (χ1v) is 4.67. The second-order valence-electron chi connectivity index (χ2n) is 3.58. The highest BCUT2D eigenvalue weighted by Crippen LogP contribution is 2.25. The zero-order chi connectivity index (χ0) is 10.8. The van der Waals surface area contributed by atoms with E-state index in [0.29, 0.717) is 10.6 Å². The minimum absolute atomic E-state index is 0.136. The van der Waals surface area contributed by atoms with Crippen LogP contribution in [0.1, 0.15) is 12.5 Å². The molecule has 1 atom stereocenters. The molecule has 3 N–H and O–H groups in total. The molecule has 0 fully saturated rings. The van der Waals surface area contributed by atoms with Crippen LogP contribution in [-0.2, 0) is 5.41 Å².